The van der Waals surface area contributed by atoms with E-state index in [1.54, 1.807) is 12.3 Å². The number of halogens is 1. The number of nitrogens with zero attached hydrogens (tertiary/aromatic N) is 3. The van der Waals surface area contributed by atoms with Crippen molar-refractivity contribution >= 4 is 27.5 Å². The molecule has 1 saturated carbocycles. The first-order valence-corrected chi connectivity index (χ1v) is 16.4. The molecule has 7 nitrogen and oxygen atoms in total. The molecule has 0 amide bonds. The maximum Gasteiger partial charge on any atom is 0.125 e. The zero-order valence-corrected chi connectivity index (χ0v) is 26.8. The Hall–Kier alpha value is -4.69. The van der Waals surface area contributed by atoms with Gasteiger partial charge in [-0.05, 0) is 117 Å². The van der Waals surface area contributed by atoms with Crippen molar-refractivity contribution < 1.29 is 9.13 Å². The quantitative estimate of drug-likeness (QED) is 0.143. The maximum atomic E-state index is 14.8. The molecule has 0 saturated heterocycles. The number of aromatic nitrogens is 4. The van der Waals surface area contributed by atoms with Gasteiger partial charge in [-0.15, -0.1) is 0 Å². The minimum absolute atomic E-state index is 0.301. The largest absolute Gasteiger partial charge is 0.490 e. The average molecular weight is 617 g/mol. The monoisotopic (exact) mass is 616 g/mol. The highest BCUT2D eigenvalue weighted by Crippen LogP contribution is 2.36. The van der Waals surface area contributed by atoms with Gasteiger partial charge in [0.1, 0.15) is 17.3 Å². The van der Waals surface area contributed by atoms with Crippen LogP contribution in [0.5, 0.6) is 5.75 Å². The van der Waals surface area contributed by atoms with Gasteiger partial charge < -0.3 is 19.9 Å². The summed E-state index contributed by atoms with van der Waals surface area (Å²) in [6, 6.07) is 22.1. The van der Waals surface area contributed by atoms with E-state index in [1.807, 2.05) is 26.2 Å². The van der Waals surface area contributed by atoms with E-state index < -0.39 is 0 Å². The number of fused-ring (bicyclic) bond motifs is 2. The van der Waals surface area contributed by atoms with Gasteiger partial charge in [-0.25, -0.2) is 4.39 Å². The highest BCUT2D eigenvalue weighted by Gasteiger charge is 2.18. The highest BCUT2D eigenvalue weighted by molar-refractivity contribution is 6.01. The molecule has 3 aromatic heterocycles. The van der Waals surface area contributed by atoms with E-state index in [0.29, 0.717) is 12.6 Å². The third kappa shape index (κ3) is 6.35. The minimum atomic E-state index is -0.301. The Bertz CT molecular complexity index is 1990. The Morgan fingerprint density at radius 2 is 1.72 bits per heavy atom. The molecule has 3 heterocycles. The second-order valence-electron chi connectivity index (χ2n) is 12.7. The van der Waals surface area contributed by atoms with Crippen LogP contribution >= 0.6 is 0 Å². The Morgan fingerprint density at radius 1 is 0.870 bits per heavy atom. The van der Waals surface area contributed by atoms with Gasteiger partial charge in [0.05, 0.1) is 23.0 Å². The lowest BCUT2D eigenvalue weighted by Gasteiger charge is -2.23. The lowest BCUT2D eigenvalue weighted by molar-refractivity contribution is 0.155. The number of nitrogens with one attached hydrogen (secondary N) is 3. The van der Waals surface area contributed by atoms with Crippen LogP contribution in [-0.4, -0.2) is 58.4 Å². The second kappa shape index (κ2) is 13.0. The molecule has 0 spiro atoms. The van der Waals surface area contributed by atoms with Crippen LogP contribution in [0.4, 0.5) is 10.1 Å². The van der Waals surface area contributed by atoms with Crippen LogP contribution in [-0.2, 0) is 6.42 Å². The zero-order valence-electron chi connectivity index (χ0n) is 26.8. The standard InChI is InChI=1S/C38H41FN6O/c1-4-24-16-26(20-31(17-24)46-30-8-6-5-7-9-30)25-10-11-35-32(21-25)38(44-43-35)36-23-33-34(42-36)12-13-41-37(33)27-18-28(39)22-29(19-27)40-14-15-45(2)3/h10-13,16-23,30,40,42H,4-9,14-15H2,1-3H3,(H,43,44). The van der Waals surface area contributed by atoms with E-state index in [2.05, 4.69) is 74.7 Å². The predicted octanol–water partition coefficient (Wildman–Crippen LogP) is 8.83. The SMILES string of the molecule is CCc1cc(OC2CCCCC2)cc(-c2ccc3[nH]nc(-c4cc5c(-c6cc(F)cc(NCCN(C)C)c6)nccc5[nH]4)c3c2)c1. The van der Waals surface area contributed by atoms with Crippen molar-refractivity contribution in [3.05, 3.63) is 84.3 Å². The molecule has 1 fully saturated rings. The summed E-state index contributed by atoms with van der Waals surface area (Å²) in [6.45, 7) is 3.75. The van der Waals surface area contributed by atoms with Crippen LogP contribution in [0.2, 0.25) is 0 Å². The summed E-state index contributed by atoms with van der Waals surface area (Å²) in [4.78, 5) is 10.3. The number of aryl methyl sites for hydroxylation is 1. The van der Waals surface area contributed by atoms with Crippen molar-refractivity contribution in [2.75, 3.05) is 32.5 Å². The van der Waals surface area contributed by atoms with Crippen molar-refractivity contribution in [3.63, 3.8) is 0 Å². The first kappa shape index (κ1) is 30.0. The van der Waals surface area contributed by atoms with E-state index in [4.69, 9.17) is 9.84 Å². The van der Waals surface area contributed by atoms with Gasteiger partial charge in [0.25, 0.3) is 0 Å². The fourth-order valence-electron chi connectivity index (χ4n) is 6.54. The summed E-state index contributed by atoms with van der Waals surface area (Å²) in [5.74, 6) is 0.655. The fourth-order valence-corrected chi connectivity index (χ4v) is 6.54. The topological polar surface area (TPSA) is 81.9 Å². The van der Waals surface area contributed by atoms with Crippen molar-refractivity contribution in [2.45, 2.75) is 51.6 Å². The normalized spacial score (nSPS) is 14.0. The molecule has 0 bridgehead atoms. The number of rotatable bonds is 10. The third-order valence-corrected chi connectivity index (χ3v) is 8.99. The highest BCUT2D eigenvalue weighted by atomic mass is 19.1. The number of hydrogen-bond acceptors (Lipinski definition) is 5. The Morgan fingerprint density at radius 3 is 2.54 bits per heavy atom. The summed E-state index contributed by atoms with van der Waals surface area (Å²) in [7, 11) is 4.03. The van der Waals surface area contributed by atoms with E-state index in [-0.39, 0.29) is 5.82 Å². The summed E-state index contributed by atoms with van der Waals surface area (Å²) >= 11 is 0. The van der Waals surface area contributed by atoms with Crippen molar-refractivity contribution in [1.29, 1.82) is 0 Å². The molecule has 3 aromatic carbocycles. The van der Waals surface area contributed by atoms with Crippen molar-refractivity contribution in [3.8, 4) is 39.5 Å². The molecule has 0 aliphatic heterocycles. The molecule has 0 unspecified atom stereocenters. The number of pyridine rings is 1. The molecule has 236 valence electrons. The van der Waals surface area contributed by atoms with Gasteiger partial charge in [-0.3, -0.25) is 10.1 Å². The molecular weight excluding hydrogens is 575 g/mol. The van der Waals surface area contributed by atoms with Crippen LogP contribution in [0.3, 0.4) is 0 Å². The first-order valence-electron chi connectivity index (χ1n) is 16.4. The summed E-state index contributed by atoms with van der Waals surface area (Å²) in [5.41, 5.74) is 9.27. The Labute approximate surface area is 269 Å². The Balaban J connectivity index is 1.23. The smallest absolute Gasteiger partial charge is 0.125 e. The first-order chi connectivity index (χ1) is 22.4. The van der Waals surface area contributed by atoms with E-state index in [9.17, 15) is 4.39 Å². The third-order valence-electron chi connectivity index (χ3n) is 8.99. The van der Waals surface area contributed by atoms with Crippen molar-refractivity contribution in [2.24, 2.45) is 0 Å². The van der Waals surface area contributed by atoms with Gasteiger partial charge in [0.15, 0.2) is 0 Å². The fraction of sp³-hybridized carbons (Fsp3) is 0.316. The van der Waals surface area contributed by atoms with Gasteiger partial charge in [0, 0.05) is 46.8 Å². The van der Waals surface area contributed by atoms with Gasteiger partial charge in [-0.1, -0.05) is 25.5 Å². The summed E-state index contributed by atoms with van der Waals surface area (Å²) in [5, 5.41) is 13.2. The van der Waals surface area contributed by atoms with Crippen LogP contribution in [0.25, 0.3) is 55.6 Å². The predicted molar refractivity (Wildman–Crippen MR) is 186 cm³/mol. The average Bonchev–Trinajstić information content (AvgIpc) is 3.68. The molecule has 1 aliphatic rings. The number of H-pyrrole nitrogens is 2. The van der Waals surface area contributed by atoms with Gasteiger partial charge in [-0.2, -0.15) is 5.10 Å². The van der Waals surface area contributed by atoms with Crippen LogP contribution < -0.4 is 10.1 Å². The van der Waals surface area contributed by atoms with Gasteiger partial charge in [0.2, 0.25) is 0 Å². The lowest BCUT2D eigenvalue weighted by Crippen LogP contribution is -2.20. The number of anilines is 1. The molecule has 0 atom stereocenters. The molecule has 46 heavy (non-hydrogen) atoms. The van der Waals surface area contributed by atoms with E-state index >= 15 is 0 Å². The maximum absolute atomic E-state index is 14.8. The molecule has 0 radical (unpaired) electrons. The Kier molecular flexibility index (Phi) is 8.45. The summed E-state index contributed by atoms with van der Waals surface area (Å²) in [6.07, 6.45) is 9.06. The lowest BCUT2D eigenvalue weighted by atomic mass is 9.97. The minimum Gasteiger partial charge on any atom is -0.490 e. The number of benzene rings is 3. The number of likely N-dealkylation sites (N-methyl/N-ethyl adjacent to an activating group) is 1. The second-order valence-corrected chi connectivity index (χ2v) is 12.7. The van der Waals surface area contributed by atoms with Crippen LogP contribution in [0.15, 0.2) is 72.9 Å². The van der Waals surface area contributed by atoms with E-state index in [0.717, 1.165) is 92.8 Å². The molecule has 8 heteroatoms. The zero-order chi connectivity index (χ0) is 31.6. The molecular formula is C38H41FN6O. The van der Waals surface area contributed by atoms with E-state index in [1.165, 1.54) is 30.9 Å². The summed E-state index contributed by atoms with van der Waals surface area (Å²) < 4.78 is 21.3. The van der Waals surface area contributed by atoms with Gasteiger partial charge >= 0.3 is 0 Å². The molecule has 3 N–H and O–H groups in total. The van der Waals surface area contributed by atoms with Crippen molar-refractivity contribution in [1.82, 2.24) is 25.1 Å². The van der Waals surface area contributed by atoms with Crippen LogP contribution in [0.1, 0.15) is 44.6 Å². The molecule has 6 aromatic rings. The number of ether oxygens (including phenoxy) is 1. The number of aromatic amines is 2. The molecule has 1 aliphatic carbocycles. The van der Waals surface area contributed by atoms with Crippen LogP contribution in [0, 0.1) is 5.82 Å². The number of hydrogen-bond donors (Lipinski definition) is 3. The molecule has 7 rings (SSSR count).